The highest BCUT2D eigenvalue weighted by molar-refractivity contribution is 4.96. The summed E-state index contributed by atoms with van der Waals surface area (Å²) < 4.78 is 20.5. The molecule has 2 atom stereocenters. The van der Waals surface area contributed by atoms with E-state index in [-0.39, 0.29) is 11.5 Å². The van der Waals surface area contributed by atoms with Crippen LogP contribution >= 0.6 is 0 Å². The Hall–Kier alpha value is -0.150. The lowest BCUT2D eigenvalue weighted by Crippen LogP contribution is -2.48. The lowest BCUT2D eigenvalue weighted by molar-refractivity contribution is -0.155. The second-order valence-electron chi connectivity index (χ2n) is 6.17. The van der Waals surface area contributed by atoms with Crippen molar-refractivity contribution >= 4 is 0 Å². The van der Waals surface area contributed by atoms with Gasteiger partial charge in [-0.1, -0.05) is 0 Å². The quantitative estimate of drug-likeness (QED) is 0.802. The van der Waals surface area contributed by atoms with Crippen molar-refractivity contribution in [1.29, 1.82) is 0 Å². The highest BCUT2D eigenvalue weighted by Crippen LogP contribution is 2.46. The van der Waals surface area contributed by atoms with E-state index in [4.69, 9.17) is 4.74 Å². The van der Waals surface area contributed by atoms with Gasteiger partial charge in [0.2, 0.25) is 0 Å². The minimum atomic E-state index is -0.585. The van der Waals surface area contributed by atoms with E-state index in [0.717, 1.165) is 45.4 Å². The van der Waals surface area contributed by atoms with Gasteiger partial charge in [-0.05, 0) is 69.9 Å². The van der Waals surface area contributed by atoms with E-state index in [9.17, 15) is 4.39 Å². The monoisotopic (exact) mass is 241 g/mol. The standard InChI is InChI=1S/C14H24FNO/c15-13(11-2-7-16-8-3-11)12-4-9-17-14(10-12)5-1-6-14/h11-13,16H,1-10H2. The summed E-state index contributed by atoms with van der Waals surface area (Å²) in [4.78, 5) is 0. The predicted octanol–water partition coefficient (Wildman–Crippen LogP) is 2.67. The Labute approximate surface area is 103 Å². The second-order valence-corrected chi connectivity index (χ2v) is 6.17. The fourth-order valence-corrected chi connectivity index (χ4v) is 3.80. The first-order valence-electron chi connectivity index (χ1n) is 7.28. The highest BCUT2D eigenvalue weighted by atomic mass is 19.1. The Morgan fingerprint density at radius 1 is 1.12 bits per heavy atom. The molecule has 17 heavy (non-hydrogen) atoms. The first-order chi connectivity index (χ1) is 8.29. The number of ether oxygens (including phenoxy) is 1. The van der Waals surface area contributed by atoms with Crippen molar-refractivity contribution in [2.45, 2.75) is 56.7 Å². The Morgan fingerprint density at radius 3 is 2.53 bits per heavy atom. The second kappa shape index (κ2) is 4.85. The SMILES string of the molecule is FC(C1CCNCC1)C1CCOC2(CCC2)C1. The van der Waals surface area contributed by atoms with Crippen LogP contribution in [0.15, 0.2) is 0 Å². The first-order valence-corrected chi connectivity index (χ1v) is 7.28. The van der Waals surface area contributed by atoms with E-state index in [1.54, 1.807) is 0 Å². The Kier molecular flexibility index (Phi) is 3.40. The Bertz CT molecular complexity index is 261. The molecule has 3 aliphatic rings. The van der Waals surface area contributed by atoms with Gasteiger partial charge in [-0.3, -0.25) is 0 Å². The molecule has 2 unspecified atom stereocenters. The molecule has 98 valence electrons. The molecule has 2 aliphatic heterocycles. The number of rotatable bonds is 2. The summed E-state index contributed by atoms with van der Waals surface area (Å²) in [6.07, 6.45) is 6.99. The number of halogens is 1. The third-order valence-corrected chi connectivity index (χ3v) is 5.08. The molecule has 0 aromatic heterocycles. The highest BCUT2D eigenvalue weighted by Gasteiger charge is 2.45. The van der Waals surface area contributed by atoms with Crippen LogP contribution in [0.2, 0.25) is 0 Å². The van der Waals surface area contributed by atoms with E-state index in [2.05, 4.69) is 5.32 Å². The molecule has 2 heterocycles. The number of nitrogens with one attached hydrogen (secondary N) is 1. The normalized spacial score (nSPS) is 35.5. The topological polar surface area (TPSA) is 21.3 Å². The Balaban J connectivity index is 1.58. The lowest BCUT2D eigenvalue weighted by atomic mass is 9.69. The number of piperidine rings is 1. The lowest BCUT2D eigenvalue weighted by Gasteiger charge is -2.48. The van der Waals surface area contributed by atoms with Gasteiger partial charge < -0.3 is 10.1 Å². The van der Waals surface area contributed by atoms with Crippen LogP contribution < -0.4 is 5.32 Å². The molecule has 0 amide bonds. The van der Waals surface area contributed by atoms with Crippen molar-refractivity contribution < 1.29 is 9.13 Å². The van der Waals surface area contributed by atoms with Gasteiger partial charge in [-0.25, -0.2) is 4.39 Å². The zero-order valence-corrected chi connectivity index (χ0v) is 10.6. The zero-order valence-electron chi connectivity index (χ0n) is 10.6. The van der Waals surface area contributed by atoms with Crippen molar-refractivity contribution in [3.8, 4) is 0 Å². The van der Waals surface area contributed by atoms with E-state index < -0.39 is 6.17 Å². The molecule has 3 fully saturated rings. The zero-order chi connectivity index (χ0) is 11.7. The molecule has 0 aromatic rings. The van der Waals surface area contributed by atoms with E-state index in [1.807, 2.05) is 0 Å². The summed E-state index contributed by atoms with van der Waals surface area (Å²) in [5.74, 6) is 0.573. The molecular formula is C14H24FNO. The van der Waals surface area contributed by atoms with Crippen LogP contribution in [0.4, 0.5) is 4.39 Å². The maximum atomic E-state index is 14.6. The van der Waals surface area contributed by atoms with Crippen molar-refractivity contribution in [1.82, 2.24) is 5.32 Å². The summed E-state index contributed by atoms with van der Waals surface area (Å²) >= 11 is 0. The van der Waals surface area contributed by atoms with Crippen LogP contribution in [0.3, 0.4) is 0 Å². The van der Waals surface area contributed by atoms with Gasteiger partial charge in [0, 0.05) is 6.61 Å². The van der Waals surface area contributed by atoms with E-state index in [0.29, 0.717) is 5.92 Å². The van der Waals surface area contributed by atoms with E-state index in [1.165, 1.54) is 19.3 Å². The van der Waals surface area contributed by atoms with Crippen LogP contribution in [0.25, 0.3) is 0 Å². The summed E-state index contributed by atoms with van der Waals surface area (Å²) in [6.45, 7) is 2.79. The molecule has 1 aliphatic carbocycles. The van der Waals surface area contributed by atoms with Crippen LogP contribution in [0.1, 0.15) is 44.9 Å². The van der Waals surface area contributed by atoms with Gasteiger partial charge in [-0.15, -0.1) is 0 Å². The summed E-state index contributed by atoms with van der Waals surface area (Å²) in [6, 6.07) is 0. The summed E-state index contributed by atoms with van der Waals surface area (Å²) in [7, 11) is 0. The van der Waals surface area contributed by atoms with Gasteiger partial charge in [0.15, 0.2) is 0 Å². The van der Waals surface area contributed by atoms with Crippen molar-refractivity contribution in [2.24, 2.45) is 11.8 Å². The van der Waals surface area contributed by atoms with E-state index >= 15 is 0 Å². The van der Waals surface area contributed by atoms with Gasteiger partial charge in [0.05, 0.1) is 5.60 Å². The number of hydrogen-bond donors (Lipinski definition) is 1. The molecule has 1 saturated carbocycles. The average Bonchev–Trinajstić information content (AvgIpc) is 2.37. The van der Waals surface area contributed by atoms with Crippen LogP contribution in [0, 0.1) is 11.8 Å². The first kappa shape index (κ1) is 11.9. The predicted molar refractivity (Wildman–Crippen MR) is 65.7 cm³/mol. The van der Waals surface area contributed by atoms with Crippen molar-refractivity contribution in [3.05, 3.63) is 0 Å². The molecule has 0 aromatic carbocycles. The molecule has 2 saturated heterocycles. The molecule has 2 nitrogen and oxygen atoms in total. The molecular weight excluding hydrogens is 217 g/mol. The average molecular weight is 241 g/mol. The Morgan fingerprint density at radius 2 is 1.88 bits per heavy atom. The third-order valence-electron chi connectivity index (χ3n) is 5.08. The molecule has 0 radical (unpaired) electrons. The largest absolute Gasteiger partial charge is 0.375 e. The van der Waals surface area contributed by atoms with Gasteiger partial charge >= 0.3 is 0 Å². The minimum Gasteiger partial charge on any atom is -0.375 e. The fourth-order valence-electron chi connectivity index (χ4n) is 3.80. The van der Waals surface area contributed by atoms with Gasteiger partial charge in [0.1, 0.15) is 6.17 Å². The van der Waals surface area contributed by atoms with Crippen molar-refractivity contribution in [2.75, 3.05) is 19.7 Å². The fraction of sp³-hybridized carbons (Fsp3) is 1.00. The minimum absolute atomic E-state index is 0.0974. The molecule has 0 bridgehead atoms. The van der Waals surface area contributed by atoms with Gasteiger partial charge in [0.25, 0.3) is 0 Å². The number of hydrogen-bond acceptors (Lipinski definition) is 2. The maximum absolute atomic E-state index is 14.6. The van der Waals surface area contributed by atoms with Crippen molar-refractivity contribution in [3.63, 3.8) is 0 Å². The summed E-state index contributed by atoms with van der Waals surface area (Å²) in [5.41, 5.74) is 0.0974. The van der Waals surface area contributed by atoms with Crippen LogP contribution in [-0.4, -0.2) is 31.5 Å². The van der Waals surface area contributed by atoms with Crippen LogP contribution in [-0.2, 0) is 4.74 Å². The smallest absolute Gasteiger partial charge is 0.106 e. The van der Waals surface area contributed by atoms with Crippen LogP contribution in [0.5, 0.6) is 0 Å². The molecule has 1 spiro atoms. The maximum Gasteiger partial charge on any atom is 0.106 e. The third kappa shape index (κ3) is 2.37. The molecule has 3 rings (SSSR count). The number of alkyl halides is 1. The summed E-state index contributed by atoms with van der Waals surface area (Å²) in [5, 5.41) is 3.32. The van der Waals surface area contributed by atoms with Gasteiger partial charge in [-0.2, -0.15) is 0 Å². The molecule has 3 heteroatoms. The molecule has 1 N–H and O–H groups in total.